The number of hydrogen-bond donors (Lipinski definition) is 2. The molecule has 19 heavy (non-hydrogen) atoms. The van der Waals surface area contributed by atoms with Crippen molar-refractivity contribution in [1.29, 1.82) is 0 Å². The van der Waals surface area contributed by atoms with E-state index in [1.165, 1.54) is 16.8 Å². The van der Waals surface area contributed by atoms with Gasteiger partial charge < -0.3 is 15.0 Å². The molecule has 0 aliphatic carbocycles. The van der Waals surface area contributed by atoms with Gasteiger partial charge in [-0.2, -0.15) is 0 Å². The van der Waals surface area contributed by atoms with Crippen LogP contribution in [0.3, 0.4) is 0 Å². The topological polar surface area (TPSA) is 84.2 Å². The van der Waals surface area contributed by atoms with Gasteiger partial charge in [-0.15, -0.1) is 6.58 Å². The molecule has 0 saturated carbocycles. The number of aromatic nitrogens is 2. The fourth-order valence-electron chi connectivity index (χ4n) is 1.59. The lowest BCUT2D eigenvalue weighted by molar-refractivity contribution is -0.137. The Kier molecular flexibility index (Phi) is 4.47. The van der Waals surface area contributed by atoms with E-state index < -0.39 is 17.6 Å². The molecule has 0 aliphatic rings. The molecule has 0 spiro atoms. The van der Waals surface area contributed by atoms with Crippen molar-refractivity contribution in [3.63, 3.8) is 0 Å². The summed E-state index contributed by atoms with van der Waals surface area (Å²) >= 11 is 0. The van der Waals surface area contributed by atoms with Crippen LogP contribution in [0.25, 0.3) is 0 Å². The van der Waals surface area contributed by atoms with Crippen molar-refractivity contribution in [1.82, 2.24) is 9.55 Å². The maximum absolute atomic E-state index is 12.2. The van der Waals surface area contributed by atoms with Gasteiger partial charge in [0.05, 0.1) is 0 Å². The van der Waals surface area contributed by atoms with Crippen LogP contribution in [0.15, 0.2) is 29.8 Å². The van der Waals surface area contributed by atoms with Crippen molar-refractivity contribution in [3.05, 3.63) is 35.4 Å². The van der Waals surface area contributed by atoms with Gasteiger partial charge in [-0.3, -0.25) is 4.79 Å². The highest BCUT2D eigenvalue weighted by Gasteiger charge is 2.20. The Balaban J connectivity index is 3.12. The van der Waals surface area contributed by atoms with Crippen LogP contribution in [-0.4, -0.2) is 26.7 Å². The molecule has 1 unspecified atom stereocenters. The fraction of sp³-hybridized carbons (Fsp3) is 0.462. The molecule has 0 saturated heterocycles. The van der Waals surface area contributed by atoms with Crippen LogP contribution >= 0.6 is 0 Å². The van der Waals surface area contributed by atoms with Gasteiger partial charge in [-0.25, -0.2) is 9.78 Å². The van der Waals surface area contributed by atoms with E-state index >= 15 is 0 Å². The zero-order chi connectivity index (χ0) is 14.6. The molecule has 0 fully saturated rings. The molecule has 1 aromatic rings. The number of carboxylic acid groups (broad SMARTS) is 1. The first kappa shape index (κ1) is 14.9. The molecule has 0 bridgehead atoms. The smallest absolute Gasteiger partial charge is 0.326 e. The summed E-state index contributed by atoms with van der Waals surface area (Å²) in [5.74, 6) is -1.01. The summed E-state index contributed by atoms with van der Waals surface area (Å²) in [4.78, 5) is 27.2. The Morgan fingerprint density at radius 1 is 1.63 bits per heavy atom. The van der Waals surface area contributed by atoms with Crippen LogP contribution in [0.4, 0.5) is 5.82 Å². The van der Waals surface area contributed by atoms with Crippen molar-refractivity contribution in [3.8, 4) is 0 Å². The molecule has 1 aromatic heterocycles. The van der Waals surface area contributed by atoms with Crippen LogP contribution in [0, 0.1) is 0 Å². The molecule has 0 radical (unpaired) electrons. The third-order valence-corrected chi connectivity index (χ3v) is 2.57. The van der Waals surface area contributed by atoms with E-state index in [0.29, 0.717) is 0 Å². The molecule has 1 heterocycles. The van der Waals surface area contributed by atoms with Crippen molar-refractivity contribution in [2.24, 2.45) is 0 Å². The first-order valence-corrected chi connectivity index (χ1v) is 5.95. The minimum atomic E-state index is -1.05. The lowest BCUT2D eigenvalue weighted by Crippen LogP contribution is -2.38. The van der Waals surface area contributed by atoms with Crippen LogP contribution in [-0.2, 0) is 10.3 Å². The average molecular weight is 265 g/mol. The summed E-state index contributed by atoms with van der Waals surface area (Å²) in [5.41, 5.74) is -0.738. The van der Waals surface area contributed by atoms with E-state index in [-0.39, 0.29) is 17.8 Å². The number of carbonyl (C=O) groups is 1. The first-order chi connectivity index (χ1) is 8.77. The fourth-order valence-corrected chi connectivity index (χ4v) is 1.59. The van der Waals surface area contributed by atoms with Gasteiger partial charge in [-0.05, 0) is 27.2 Å². The quantitative estimate of drug-likeness (QED) is 0.787. The van der Waals surface area contributed by atoms with Gasteiger partial charge in [-0.1, -0.05) is 6.08 Å². The Morgan fingerprint density at radius 3 is 2.74 bits per heavy atom. The molecular weight excluding hydrogens is 246 g/mol. The number of carboxylic acids is 1. The molecule has 1 rings (SSSR count). The normalized spacial score (nSPS) is 12.8. The predicted octanol–water partition coefficient (Wildman–Crippen LogP) is 1.44. The third-order valence-electron chi connectivity index (χ3n) is 2.57. The molecule has 0 aromatic carbocycles. The number of nitrogens with one attached hydrogen (secondary N) is 1. The second kappa shape index (κ2) is 5.69. The minimum Gasteiger partial charge on any atom is -0.480 e. The van der Waals surface area contributed by atoms with Crippen molar-refractivity contribution < 1.29 is 9.90 Å². The highest BCUT2D eigenvalue weighted by Crippen LogP contribution is 2.11. The second-order valence-electron chi connectivity index (χ2n) is 5.18. The maximum Gasteiger partial charge on any atom is 0.326 e. The molecule has 0 amide bonds. The lowest BCUT2D eigenvalue weighted by Gasteiger charge is -2.23. The zero-order valence-electron chi connectivity index (χ0n) is 11.4. The minimum absolute atomic E-state index is 0.0340. The summed E-state index contributed by atoms with van der Waals surface area (Å²) < 4.78 is 1.51. The van der Waals surface area contributed by atoms with Crippen LogP contribution in [0.2, 0.25) is 0 Å². The summed E-state index contributed by atoms with van der Waals surface area (Å²) in [6, 6.07) is -0.909. The largest absolute Gasteiger partial charge is 0.480 e. The third kappa shape index (κ3) is 3.67. The summed E-state index contributed by atoms with van der Waals surface area (Å²) in [5, 5.41) is 11.7. The Hall–Kier alpha value is -2.11. The summed E-state index contributed by atoms with van der Waals surface area (Å²) in [7, 11) is 0. The van der Waals surface area contributed by atoms with E-state index in [1.807, 2.05) is 20.8 Å². The predicted molar refractivity (Wildman–Crippen MR) is 73.4 cm³/mol. The highest BCUT2D eigenvalue weighted by atomic mass is 16.4. The second-order valence-corrected chi connectivity index (χ2v) is 5.18. The average Bonchev–Trinajstić information content (AvgIpc) is 2.29. The Bertz CT molecular complexity index is 529. The number of aliphatic carboxylic acids is 1. The Labute approximate surface area is 111 Å². The standard InChI is InChI=1S/C13H19N3O3/c1-5-6-9(12(18)19)15-10-11(17)16(8-7-14-10)13(2,3)4/h5,7-9H,1,6H2,2-4H3,(H,14,15)(H,18,19). The maximum atomic E-state index is 12.2. The van der Waals surface area contributed by atoms with E-state index in [9.17, 15) is 9.59 Å². The van der Waals surface area contributed by atoms with E-state index in [2.05, 4.69) is 16.9 Å². The molecular formula is C13H19N3O3. The molecule has 6 heteroatoms. The van der Waals surface area contributed by atoms with Crippen molar-refractivity contribution in [2.45, 2.75) is 38.8 Å². The van der Waals surface area contributed by atoms with Gasteiger partial charge in [0.1, 0.15) is 6.04 Å². The molecule has 104 valence electrons. The Morgan fingerprint density at radius 2 is 2.26 bits per heavy atom. The van der Waals surface area contributed by atoms with Gasteiger partial charge >= 0.3 is 5.97 Å². The number of rotatable bonds is 5. The molecule has 0 aliphatic heterocycles. The number of nitrogens with zero attached hydrogens (tertiary/aromatic N) is 2. The molecule has 6 nitrogen and oxygen atoms in total. The summed E-state index contributed by atoms with van der Waals surface area (Å²) in [6.07, 6.45) is 4.75. The van der Waals surface area contributed by atoms with Gasteiger partial charge in [0, 0.05) is 17.9 Å². The molecule has 2 N–H and O–H groups in total. The van der Waals surface area contributed by atoms with E-state index in [4.69, 9.17) is 5.11 Å². The monoisotopic (exact) mass is 265 g/mol. The van der Waals surface area contributed by atoms with Gasteiger partial charge in [0.15, 0.2) is 5.82 Å². The summed E-state index contributed by atoms with van der Waals surface area (Å²) in [6.45, 7) is 9.15. The number of anilines is 1. The first-order valence-electron chi connectivity index (χ1n) is 5.95. The van der Waals surface area contributed by atoms with Crippen molar-refractivity contribution in [2.75, 3.05) is 5.32 Å². The highest BCUT2D eigenvalue weighted by molar-refractivity contribution is 5.76. The number of hydrogen-bond acceptors (Lipinski definition) is 4. The van der Waals surface area contributed by atoms with E-state index in [1.54, 1.807) is 6.20 Å². The van der Waals surface area contributed by atoms with Crippen LogP contribution in [0.1, 0.15) is 27.2 Å². The zero-order valence-corrected chi connectivity index (χ0v) is 11.4. The van der Waals surface area contributed by atoms with Crippen molar-refractivity contribution >= 4 is 11.8 Å². The molecule has 1 atom stereocenters. The van der Waals surface area contributed by atoms with E-state index in [0.717, 1.165) is 0 Å². The van der Waals surface area contributed by atoms with Gasteiger partial charge in [0.2, 0.25) is 0 Å². The lowest BCUT2D eigenvalue weighted by atomic mass is 10.1. The van der Waals surface area contributed by atoms with Crippen LogP contribution in [0.5, 0.6) is 0 Å². The van der Waals surface area contributed by atoms with Crippen LogP contribution < -0.4 is 10.9 Å². The van der Waals surface area contributed by atoms with Gasteiger partial charge in [0.25, 0.3) is 5.56 Å². The SMILES string of the molecule is C=CCC(Nc1nccn(C(C)(C)C)c1=O)C(=O)O.